The van der Waals surface area contributed by atoms with Gasteiger partial charge in [-0.15, -0.1) is 6.58 Å². The van der Waals surface area contributed by atoms with E-state index in [1.807, 2.05) is 30.3 Å². The Kier molecular flexibility index (Phi) is 8.28. The molecule has 0 aromatic heterocycles. The van der Waals surface area contributed by atoms with E-state index in [1.165, 1.54) is 0 Å². The number of ether oxygens (including phenoxy) is 1. The van der Waals surface area contributed by atoms with Crippen molar-refractivity contribution in [1.29, 1.82) is 0 Å². The maximum Gasteiger partial charge on any atom is 0.330 e. The molecule has 1 rings (SSSR count). The van der Waals surface area contributed by atoms with Gasteiger partial charge >= 0.3 is 5.97 Å². The van der Waals surface area contributed by atoms with Crippen LogP contribution >= 0.6 is 0 Å². The highest BCUT2D eigenvalue weighted by molar-refractivity contribution is 5.89. The molecule has 0 unspecified atom stereocenters. The van der Waals surface area contributed by atoms with Crippen LogP contribution in [-0.4, -0.2) is 17.9 Å². The summed E-state index contributed by atoms with van der Waals surface area (Å²) in [5, 5.41) is 0. The topological polar surface area (TPSA) is 43.4 Å². The molecule has 0 saturated carbocycles. The quantitative estimate of drug-likeness (QED) is 0.375. The lowest BCUT2D eigenvalue weighted by Gasteiger charge is -2.12. The second-order valence-electron chi connectivity index (χ2n) is 4.88. The molecule has 0 radical (unpaired) electrons. The van der Waals surface area contributed by atoms with E-state index < -0.39 is 5.97 Å². The summed E-state index contributed by atoms with van der Waals surface area (Å²) in [6.07, 6.45) is 8.05. The molecule has 3 nitrogen and oxygen atoms in total. The van der Waals surface area contributed by atoms with Crippen LogP contribution in [0.2, 0.25) is 0 Å². The minimum atomic E-state index is -0.462. The third-order valence-electron chi connectivity index (χ3n) is 3.08. The van der Waals surface area contributed by atoms with Gasteiger partial charge < -0.3 is 4.74 Å². The molecule has 0 aliphatic carbocycles. The molecule has 0 spiro atoms. The van der Waals surface area contributed by atoms with Crippen LogP contribution in [0.1, 0.15) is 24.8 Å². The Balaban J connectivity index is 2.38. The summed E-state index contributed by atoms with van der Waals surface area (Å²) in [7, 11) is 0. The van der Waals surface area contributed by atoms with Gasteiger partial charge in [0.05, 0.1) is 0 Å². The number of hydrogen-bond acceptors (Lipinski definition) is 3. The molecule has 3 heteroatoms. The molecule has 1 aromatic carbocycles. The number of aryl methyl sites for hydroxylation is 1. The fraction of sp³-hybridized carbons (Fsp3) is 0.263. The second kappa shape index (κ2) is 10.3. The van der Waals surface area contributed by atoms with Crippen molar-refractivity contribution < 1.29 is 14.3 Å². The molecule has 116 valence electrons. The molecule has 22 heavy (non-hydrogen) atoms. The van der Waals surface area contributed by atoms with Crippen LogP contribution in [-0.2, 0) is 20.7 Å². The average molecular weight is 298 g/mol. The van der Waals surface area contributed by atoms with Crippen molar-refractivity contribution in [2.75, 3.05) is 0 Å². The molecule has 1 aromatic rings. The molecule has 0 bridgehead atoms. The SMILES string of the molecule is C=CC[C@@H](C/C=C/C(=O)CCc1ccccc1)OC(=O)C=C. The van der Waals surface area contributed by atoms with Gasteiger partial charge in [-0.3, -0.25) is 4.79 Å². The highest BCUT2D eigenvalue weighted by atomic mass is 16.5. The van der Waals surface area contributed by atoms with Gasteiger partial charge in [0.2, 0.25) is 0 Å². The lowest BCUT2D eigenvalue weighted by atomic mass is 10.1. The van der Waals surface area contributed by atoms with E-state index in [0.29, 0.717) is 19.3 Å². The van der Waals surface area contributed by atoms with Crippen LogP contribution < -0.4 is 0 Å². The van der Waals surface area contributed by atoms with E-state index in [0.717, 1.165) is 18.1 Å². The number of rotatable bonds is 10. The molecule has 0 aliphatic rings. The summed E-state index contributed by atoms with van der Waals surface area (Å²) in [6.45, 7) is 6.99. The molecule has 1 atom stereocenters. The number of carbonyl (C=O) groups is 2. The van der Waals surface area contributed by atoms with Crippen LogP contribution in [0.3, 0.4) is 0 Å². The van der Waals surface area contributed by atoms with Crippen molar-refractivity contribution in [2.24, 2.45) is 0 Å². The monoisotopic (exact) mass is 298 g/mol. The summed E-state index contributed by atoms with van der Waals surface area (Å²) < 4.78 is 5.16. The molecular formula is C19H22O3. The highest BCUT2D eigenvalue weighted by Crippen LogP contribution is 2.08. The summed E-state index contributed by atoms with van der Waals surface area (Å²) >= 11 is 0. The third-order valence-corrected chi connectivity index (χ3v) is 3.08. The van der Waals surface area contributed by atoms with E-state index in [4.69, 9.17) is 4.74 Å². The first-order valence-corrected chi connectivity index (χ1v) is 7.33. The van der Waals surface area contributed by atoms with Gasteiger partial charge in [-0.25, -0.2) is 4.79 Å². The van der Waals surface area contributed by atoms with Crippen molar-refractivity contribution in [3.8, 4) is 0 Å². The van der Waals surface area contributed by atoms with E-state index in [-0.39, 0.29) is 11.9 Å². The zero-order valence-electron chi connectivity index (χ0n) is 12.7. The first-order chi connectivity index (χ1) is 10.7. The van der Waals surface area contributed by atoms with Gasteiger partial charge in [-0.1, -0.05) is 49.1 Å². The Labute approximate surface area is 132 Å². The normalized spacial score (nSPS) is 11.8. The van der Waals surface area contributed by atoms with Crippen molar-refractivity contribution in [3.63, 3.8) is 0 Å². The van der Waals surface area contributed by atoms with Crippen molar-refractivity contribution >= 4 is 11.8 Å². The summed E-state index contributed by atoms with van der Waals surface area (Å²) in [5.41, 5.74) is 1.15. The maximum atomic E-state index is 11.8. The number of benzene rings is 1. The van der Waals surface area contributed by atoms with Crippen LogP contribution in [0.25, 0.3) is 0 Å². The summed E-state index contributed by atoms with van der Waals surface area (Å²) in [5.74, 6) is -0.396. The zero-order valence-corrected chi connectivity index (χ0v) is 12.7. The Hall–Kier alpha value is -2.42. The van der Waals surface area contributed by atoms with Crippen molar-refractivity contribution in [3.05, 3.63) is 73.4 Å². The first kappa shape index (κ1) is 17.6. The van der Waals surface area contributed by atoms with Crippen LogP contribution in [0.4, 0.5) is 0 Å². The Morgan fingerprint density at radius 1 is 1.14 bits per heavy atom. The molecular weight excluding hydrogens is 276 g/mol. The van der Waals surface area contributed by atoms with Crippen molar-refractivity contribution in [2.45, 2.75) is 31.8 Å². The van der Waals surface area contributed by atoms with E-state index in [1.54, 1.807) is 18.2 Å². The zero-order chi connectivity index (χ0) is 16.2. The molecule has 0 aliphatic heterocycles. The molecule has 0 heterocycles. The molecule has 0 N–H and O–H groups in total. The van der Waals surface area contributed by atoms with Crippen LogP contribution in [0.5, 0.6) is 0 Å². The minimum Gasteiger partial charge on any atom is -0.459 e. The Bertz CT molecular complexity index is 529. The standard InChI is InChI=1S/C19H22O3/c1-3-9-18(22-19(21)4-2)13-8-12-17(20)15-14-16-10-6-5-7-11-16/h3-8,10-12,18H,1-2,9,13-15H2/b12-8+/t18-/m0/s1. The number of esters is 1. The summed E-state index contributed by atoms with van der Waals surface area (Å²) in [4.78, 5) is 23.0. The smallest absolute Gasteiger partial charge is 0.330 e. The molecule has 0 amide bonds. The van der Waals surface area contributed by atoms with E-state index >= 15 is 0 Å². The predicted molar refractivity (Wildman–Crippen MR) is 88.4 cm³/mol. The van der Waals surface area contributed by atoms with Gasteiger partial charge in [0, 0.05) is 25.3 Å². The number of ketones is 1. The fourth-order valence-electron chi connectivity index (χ4n) is 1.94. The molecule has 0 saturated heterocycles. The van der Waals surface area contributed by atoms with Gasteiger partial charge in [-0.05, 0) is 18.1 Å². The first-order valence-electron chi connectivity index (χ1n) is 7.33. The summed E-state index contributed by atoms with van der Waals surface area (Å²) in [6, 6.07) is 9.89. The van der Waals surface area contributed by atoms with E-state index in [2.05, 4.69) is 13.2 Å². The van der Waals surface area contributed by atoms with Gasteiger partial charge in [0.1, 0.15) is 6.10 Å². The van der Waals surface area contributed by atoms with Gasteiger partial charge in [0.25, 0.3) is 0 Å². The average Bonchev–Trinajstić information content (AvgIpc) is 2.54. The Morgan fingerprint density at radius 2 is 1.86 bits per heavy atom. The highest BCUT2D eigenvalue weighted by Gasteiger charge is 2.09. The van der Waals surface area contributed by atoms with E-state index in [9.17, 15) is 9.59 Å². The van der Waals surface area contributed by atoms with Crippen LogP contribution in [0.15, 0.2) is 67.8 Å². The lowest BCUT2D eigenvalue weighted by molar-refractivity contribution is -0.142. The van der Waals surface area contributed by atoms with Gasteiger partial charge in [0.15, 0.2) is 5.78 Å². The third kappa shape index (κ3) is 7.39. The van der Waals surface area contributed by atoms with Gasteiger partial charge in [-0.2, -0.15) is 0 Å². The minimum absolute atomic E-state index is 0.0660. The maximum absolute atomic E-state index is 11.8. The van der Waals surface area contributed by atoms with Crippen molar-refractivity contribution in [1.82, 2.24) is 0 Å². The fourth-order valence-corrected chi connectivity index (χ4v) is 1.94. The number of hydrogen-bond donors (Lipinski definition) is 0. The number of carbonyl (C=O) groups excluding carboxylic acids is 2. The second-order valence-corrected chi connectivity index (χ2v) is 4.88. The van der Waals surface area contributed by atoms with Crippen LogP contribution in [0, 0.1) is 0 Å². The number of allylic oxidation sites excluding steroid dienone is 1. The Morgan fingerprint density at radius 3 is 2.50 bits per heavy atom. The predicted octanol–water partition coefficient (Wildman–Crippen LogP) is 3.81. The lowest BCUT2D eigenvalue weighted by Crippen LogP contribution is -2.15. The largest absolute Gasteiger partial charge is 0.459 e. The molecule has 0 fully saturated rings.